The van der Waals surface area contributed by atoms with Crippen LogP contribution < -0.4 is 5.46 Å². The average Bonchev–Trinajstić information content (AvgIpc) is 3.05. The molecule has 1 aromatic carbocycles. The van der Waals surface area contributed by atoms with Gasteiger partial charge in [-0.15, -0.1) is 0 Å². The molecular formula is C22H34BNO4Si. The van der Waals surface area contributed by atoms with Crippen molar-refractivity contribution in [3.05, 3.63) is 30.0 Å². The van der Waals surface area contributed by atoms with Crippen LogP contribution in [0.15, 0.2) is 24.4 Å². The summed E-state index contributed by atoms with van der Waals surface area (Å²) in [5.41, 5.74) is 1.82. The molecule has 0 atom stereocenters. The Hall–Kier alpha value is -1.41. The fourth-order valence-electron chi connectivity index (χ4n) is 3.37. The standard InChI is InChI=1S/C22H34BNO4Si/c1-16(25)19-14-24(15-26-11-12-29(6,7)8)20-10-9-17(13-18(19)20)23-27-21(2,3)22(4,5)28-23/h9-10,13-14H,11-12,15H2,1-8H3. The number of hydrogen-bond donors (Lipinski definition) is 0. The minimum absolute atomic E-state index is 0.0434. The lowest BCUT2D eigenvalue weighted by Gasteiger charge is -2.32. The summed E-state index contributed by atoms with van der Waals surface area (Å²) in [4.78, 5) is 12.3. The molecular weight excluding hydrogens is 381 g/mol. The number of ether oxygens (including phenoxy) is 1. The summed E-state index contributed by atoms with van der Waals surface area (Å²) in [6.45, 7) is 18.0. The summed E-state index contributed by atoms with van der Waals surface area (Å²) in [6, 6.07) is 7.20. The van der Waals surface area contributed by atoms with Crippen molar-refractivity contribution in [1.29, 1.82) is 0 Å². The van der Waals surface area contributed by atoms with Gasteiger partial charge in [0.05, 0.1) is 16.7 Å². The number of benzene rings is 1. The molecule has 2 heterocycles. The zero-order valence-electron chi connectivity index (χ0n) is 19.1. The highest BCUT2D eigenvalue weighted by molar-refractivity contribution is 6.76. The van der Waals surface area contributed by atoms with Gasteiger partial charge in [0.1, 0.15) is 6.73 Å². The Bertz CT molecular complexity index is 897. The van der Waals surface area contributed by atoms with Gasteiger partial charge in [-0.25, -0.2) is 0 Å². The maximum absolute atomic E-state index is 12.3. The Balaban J connectivity index is 1.87. The molecule has 0 amide bonds. The van der Waals surface area contributed by atoms with E-state index in [2.05, 4.69) is 19.6 Å². The number of fused-ring (bicyclic) bond motifs is 1. The maximum atomic E-state index is 12.3. The Morgan fingerprint density at radius 1 is 1.14 bits per heavy atom. The van der Waals surface area contributed by atoms with Gasteiger partial charge in [0.2, 0.25) is 0 Å². The molecule has 0 N–H and O–H groups in total. The van der Waals surface area contributed by atoms with E-state index in [4.69, 9.17) is 14.0 Å². The molecule has 0 bridgehead atoms. The van der Waals surface area contributed by atoms with Crippen LogP contribution in [0.1, 0.15) is 45.0 Å². The molecule has 0 spiro atoms. The molecule has 1 fully saturated rings. The Kier molecular flexibility index (Phi) is 5.91. The van der Waals surface area contributed by atoms with Crippen molar-refractivity contribution in [1.82, 2.24) is 4.57 Å². The number of Topliss-reactive ketones (excluding diaryl/α,β-unsaturated/α-hetero) is 1. The third-order valence-corrected chi connectivity index (χ3v) is 7.74. The molecule has 3 rings (SSSR count). The number of rotatable bonds is 7. The topological polar surface area (TPSA) is 49.7 Å². The summed E-state index contributed by atoms with van der Waals surface area (Å²) in [5, 5.41) is 0.915. The van der Waals surface area contributed by atoms with E-state index in [1.165, 1.54) is 0 Å². The lowest BCUT2D eigenvalue weighted by molar-refractivity contribution is 0.00578. The van der Waals surface area contributed by atoms with Gasteiger partial charge in [-0.1, -0.05) is 31.8 Å². The molecule has 1 saturated heterocycles. The van der Waals surface area contributed by atoms with Crippen LogP contribution in [-0.2, 0) is 20.8 Å². The molecule has 0 radical (unpaired) electrons. The molecule has 0 saturated carbocycles. The number of hydrogen-bond acceptors (Lipinski definition) is 4. The molecule has 5 nitrogen and oxygen atoms in total. The lowest BCUT2D eigenvalue weighted by atomic mass is 9.78. The van der Waals surface area contributed by atoms with Crippen LogP contribution in [0.3, 0.4) is 0 Å². The van der Waals surface area contributed by atoms with Gasteiger partial charge in [-0.05, 0) is 52.2 Å². The number of nitrogens with zero attached hydrogens (tertiary/aromatic N) is 1. The Morgan fingerprint density at radius 2 is 1.76 bits per heavy atom. The second kappa shape index (κ2) is 7.69. The van der Waals surface area contributed by atoms with E-state index < -0.39 is 26.4 Å². The van der Waals surface area contributed by atoms with Crippen LogP contribution in [0, 0.1) is 0 Å². The number of ketones is 1. The Labute approximate surface area is 175 Å². The first kappa shape index (κ1) is 22.3. The van der Waals surface area contributed by atoms with E-state index in [1.54, 1.807) is 6.92 Å². The smallest absolute Gasteiger partial charge is 0.399 e. The zero-order valence-corrected chi connectivity index (χ0v) is 20.1. The van der Waals surface area contributed by atoms with Crippen molar-refractivity contribution in [2.24, 2.45) is 0 Å². The zero-order chi connectivity index (χ0) is 21.6. The predicted molar refractivity (Wildman–Crippen MR) is 122 cm³/mol. The largest absolute Gasteiger partial charge is 0.494 e. The normalized spacial score (nSPS) is 18.6. The highest BCUT2D eigenvalue weighted by atomic mass is 28.3. The summed E-state index contributed by atoms with van der Waals surface area (Å²) in [5.74, 6) is 0.0434. The predicted octanol–water partition coefficient (Wildman–Crippen LogP) is 4.46. The second-order valence-corrected chi connectivity index (χ2v) is 15.9. The fourth-order valence-corrected chi connectivity index (χ4v) is 4.13. The van der Waals surface area contributed by atoms with Gasteiger partial charge in [0, 0.05) is 31.8 Å². The van der Waals surface area contributed by atoms with Crippen LogP contribution in [0.2, 0.25) is 25.7 Å². The lowest BCUT2D eigenvalue weighted by Crippen LogP contribution is -2.41. The van der Waals surface area contributed by atoms with Crippen molar-refractivity contribution >= 4 is 37.3 Å². The van der Waals surface area contributed by atoms with E-state index in [9.17, 15) is 4.79 Å². The van der Waals surface area contributed by atoms with Gasteiger partial charge in [-0.2, -0.15) is 0 Å². The van der Waals surface area contributed by atoms with Crippen molar-refractivity contribution in [2.75, 3.05) is 6.61 Å². The molecule has 1 aliphatic rings. The summed E-state index contributed by atoms with van der Waals surface area (Å²) >= 11 is 0. The van der Waals surface area contributed by atoms with E-state index in [0.717, 1.165) is 29.0 Å². The third-order valence-electron chi connectivity index (χ3n) is 6.04. The van der Waals surface area contributed by atoms with Crippen LogP contribution >= 0.6 is 0 Å². The SMILES string of the molecule is CC(=O)c1cn(COCC[Si](C)(C)C)c2ccc(B3OC(C)(C)C(C)(C)O3)cc12. The molecule has 29 heavy (non-hydrogen) atoms. The fraction of sp³-hybridized carbons (Fsp3) is 0.591. The van der Waals surface area contributed by atoms with Gasteiger partial charge >= 0.3 is 7.12 Å². The van der Waals surface area contributed by atoms with Gasteiger partial charge in [0.25, 0.3) is 0 Å². The first-order valence-electron chi connectivity index (χ1n) is 10.4. The first-order chi connectivity index (χ1) is 13.3. The van der Waals surface area contributed by atoms with E-state index in [0.29, 0.717) is 12.3 Å². The maximum Gasteiger partial charge on any atom is 0.494 e. The van der Waals surface area contributed by atoms with Crippen LogP contribution in [0.25, 0.3) is 10.9 Å². The van der Waals surface area contributed by atoms with Crippen molar-refractivity contribution in [2.45, 2.75) is 78.2 Å². The first-order valence-corrected chi connectivity index (χ1v) is 14.1. The van der Waals surface area contributed by atoms with Gasteiger partial charge in [-0.3, -0.25) is 4.79 Å². The van der Waals surface area contributed by atoms with Gasteiger partial charge < -0.3 is 18.6 Å². The summed E-state index contributed by atoms with van der Waals surface area (Å²) in [6.07, 6.45) is 1.90. The van der Waals surface area contributed by atoms with E-state index >= 15 is 0 Å². The summed E-state index contributed by atoms with van der Waals surface area (Å²) < 4.78 is 20.3. The minimum atomic E-state index is -1.12. The molecule has 7 heteroatoms. The number of carbonyl (C=O) groups excluding carboxylic acids is 1. The second-order valence-electron chi connectivity index (χ2n) is 10.3. The van der Waals surface area contributed by atoms with E-state index in [-0.39, 0.29) is 5.78 Å². The highest BCUT2D eigenvalue weighted by Crippen LogP contribution is 2.36. The molecule has 1 aromatic heterocycles. The summed E-state index contributed by atoms with van der Waals surface area (Å²) in [7, 11) is -1.57. The van der Waals surface area contributed by atoms with E-state index in [1.807, 2.05) is 56.7 Å². The molecule has 0 aliphatic carbocycles. The average molecular weight is 415 g/mol. The quantitative estimate of drug-likeness (QED) is 0.381. The molecule has 0 unspecified atom stereocenters. The number of aromatic nitrogens is 1. The minimum Gasteiger partial charge on any atom is -0.399 e. The monoisotopic (exact) mass is 415 g/mol. The molecule has 1 aliphatic heterocycles. The van der Waals surface area contributed by atoms with Crippen LogP contribution in [-0.4, -0.2) is 43.4 Å². The molecule has 2 aromatic rings. The van der Waals surface area contributed by atoms with Crippen molar-refractivity contribution in [3.63, 3.8) is 0 Å². The van der Waals surface area contributed by atoms with Gasteiger partial charge in [0.15, 0.2) is 5.78 Å². The number of carbonyl (C=O) groups is 1. The highest BCUT2D eigenvalue weighted by Gasteiger charge is 2.51. The Morgan fingerprint density at radius 3 is 2.31 bits per heavy atom. The molecule has 158 valence electrons. The van der Waals surface area contributed by atoms with Crippen LogP contribution in [0.5, 0.6) is 0 Å². The van der Waals surface area contributed by atoms with Crippen molar-refractivity contribution < 1.29 is 18.8 Å². The van der Waals surface area contributed by atoms with Crippen LogP contribution in [0.4, 0.5) is 0 Å². The third kappa shape index (κ3) is 4.68. The van der Waals surface area contributed by atoms with Crippen molar-refractivity contribution in [3.8, 4) is 0 Å².